The maximum Gasteiger partial charge on any atom is 0.331 e. The van der Waals surface area contributed by atoms with Crippen LogP contribution in [0.4, 0.5) is 10.8 Å². The molecule has 2 amide bonds. The van der Waals surface area contributed by atoms with Gasteiger partial charge in [0.05, 0.1) is 5.25 Å². The fourth-order valence-electron chi connectivity index (χ4n) is 1.80. The average Bonchev–Trinajstić information content (AvgIpc) is 3.09. The zero-order chi connectivity index (χ0) is 19.1. The first-order chi connectivity index (χ1) is 12.3. The van der Waals surface area contributed by atoms with Crippen molar-refractivity contribution < 1.29 is 19.5 Å². The molecule has 2 rings (SSSR count). The van der Waals surface area contributed by atoms with Crippen LogP contribution in [0, 0.1) is 0 Å². The summed E-state index contributed by atoms with van der Waals surface area (Å²) in [6, 6.07) is 6.94. The summed E-state index contributed by atoms with van der Waals surface area (Å²) in [6.45, 7) is 3.14. The lowest BCUT2D eigenvalue weighted by molar-refractivity contribution is -0.132. The Hall–Kier alpha value is -2.65. The van der Waals surface area contributed by atoms with Gasteiger partial charge < -0.3 is 15.7 Å². The third-order valence-corrected chi connectivity index (χ3v) is 4.95. The standard InChI is InChI=1S/C17H17N3O4S2/c1-10(16(23)24)9-14(21)19-12-3-5-13(6-4-12)26-11(2)15(22)20-17-18-7-8-25-17/h3-9,11H,1-2H3,(H,19,21)(H,23,24)(H,18,20,22)/b10-9+/t11-/m0/s1. The molecule has 26 heavy (non-hydrogen) atoms. The van der Waals surface area contributed by atoms with Gasteiger partial charge in [-0.05, 0) is 38.1 Å². The molecule has 0 spiro atoms. The van der Waals surface area contributed by atoms with Crippen molar-refractivity contribution in [2.45, 2.75) is 24.0 Å². The van der Waals surface area contributed by atoms with E-state index in [2.05, 4.69) is 15.6 Å². The first-order valence-electron chi connectivity index (χ1n) is 7.55. The van der Waals surface area contributed by atoms with Gasteiger partial charge in [-0.15, -0.1) is 23.1 Å². The molecular formula is C17H17N3O4S2. The van der Waals surface area contributed by atoms with Crippen LogP contribution in [0.2, 0.25) is 0 Å². The van der Waals surface area contributed by atoms with E-state index in [1.807, 2.05) is 0 Å². The highest BCUT2D eigenvalue weighted by Gasteiger charge is 2.15. The van der Waals surface area contributed by atoms with Gasteiger partial charge in [0.15, 0.2) is 5.13 Å². The van der Waals surface area contributed by atoms with Gasteiger partial charge in [0.1, 0.15) is 0 Å². The Bertz CT molecular complexity index is 817. The number of carboxylic acid groups (broad SMARTS) is 1. The van der Waals surface area contributed by atoms with E-state index in [-0.39, 0.29) is 16.7 Å². The van der Waals surface area contributed by atoms with Crippen molar-refractivity contribution in [3.8, 4) is 0 Å². The molecule has 1 aromatic heterocycles. The molecule has 0 unspecified atom stereocenters. The summed E-state index contributed by atoms with van der Waals surface area (Å²) in [7, 11) is 0. The Morgan fingerprint density at radius 1 is 1.23 bits per heavy atom. The number of benzene rings is 1. The number of carboxylic acids is 1. The van der Waals surface area contributed by atoms with E-state index in [1.54, 1.807) is 42.8 Å². The fourth-order valence-corrected chi connectivity index (χ4v) is 3.20. The Morgan fingerprint density at radius 3 is 2.50 bits per heavy atom. The average molecular weight is 391 g/mol. The van der Waals surface area contributed by atoms with Gasteiger partial charge in [0.25, 0.3) is 0 Å². The molecular weight excluding hydrogens is 374 g/mol. The highest BCUT2D eigenvalue weighted by molar-refractivity contribution is 8.00. The maximum absolute atomic E-state index is 12.1. The smallest absolute Gasteiger partial charge is 0.331 e. The number of thiazole rings is 1. The van der Waals surface area contributed by atoms with E-state index in [4.69, 9.17) is 5.11 Å². The summed E-state index contributed by atoms with van der Waals surface area (Å²) in [4.78, 5) is 39.4. The van der Waals surface area contributed by atoms with Crippen LogP contribution >= 0.6 is 23.1 Å². The Balaban J connectivity index is 1.90. The lowest BCUT2D eigenvalue weighted by Gasteiger charge is -2.11. The molecule has 0 aliphatic rings. The molecule has 3 N–H and O–H groups in total. The molecule has 7 nitrogen and oxygen atoms in total. The SMILES string of the molecule is C/C(=C\C(=O)Nc1ccc(S[C@@H](C)C(=O)Nc2nccs2)cc1)C(=O)O. The largest absolute Gasteiger partial charge is 0.478 e. The van der Waals surface area contributed by atoms with Crippen molar-refractivity contribution in [2.24, 2.45) is 0 Å². The van der Waals surface area contributed by atoms with Gasteiger partial charge in [-0.2, -0.15) is 0 Å². The number of hydrogen-bond acceptors (Lipinski definition) is 6. The number of nitrogens with one attached hydrogen (secondary N) is 2. The molecule has 9 heteroatoms. The minimum atomic E-state index is -1.14. The maximum atomic E-state index is 12.1. The number of aliphatic carboxylic acids is 1. The van der Waals surface area contributed by atoms with Gasteiger partial charge in [-0.1, -0.05) is 0 Å². The van der Waals surface area contributed by atoms with Crippen molar-refractivity contribution in [1.82, 2.24) is 4.98 Å². The molecule has 0 fully saturated rings. The van der Waals surface area contributed by atoms with Gasteiger partial charge in [0, 0.05) is 33.8 Å². The van der Waals surface area contributed by atoms with Crippen LogP contribution in [0.3, 0.4) is 0 Å². The minimum Gasteiger partial charge on any atom is -0.478 e. The summed E-state index contributed by atoms with van der Waals surface area (Å²) in [6.07, 6.45) is 2.65. The number of aromatic nitrogens is 1. The lowest BCUT2D eigenvalue weighted by atomic mass is 10.2. The van der Waals surface area contributed by atoms with Crippen LogP contribution in [0.1, 0.15) is 13.8 Å². The number of hydrogen-bond donors (Lipinski definition) is 3. The molecule has 1 aromatic carbocycles. The van der Waals surface area contributed by atoms with Gasteiger partial charge in [-0.3, -0.25) is 9.59 Å². The van der Waals surface area contributed by atoms with Crippen LogP contribution < -0.4 is 10.6 Å². The third-order valence-electron chi connectivity index (χ3n) is 3.15. The Morgan fingerprint density at radius 2 is 1.92 bits per heavy atom. The quantitative estimate of drug-likeness (QED) is 0.494. The summed E-state index contributed by atoms with van der Waals surface area (Å²) < 4.78 is 0. The van der Waals surface area contributed by atoms with Crippen LogP contribution in [0.5, 0.6) is 0 Å². The van der Waals surface area contributed by atoms with E-state index in [1.165, 1.54) is 30.0 Å². The third kappa shape index (κ3) is 6.01. The Labute approximate surface area is 158 Å². The normalized spacial score (nSPS) is 12.3. The molecule has 0 bridgehead atoms. The zero-order valence-electron chi connectivity index (χ0n) is 14.1. The van der Waals surface area contributed by atoms with Crippen LogP contribution in [-0.4, -0.2) is 33.1 Å². The number of anilines is 2. The highest BCUT2D eigenvalue weighted by Crippen LogP contribution is 2.26. The molecule has 0 aliphatic heterocycles. The predicted molar refractivity (Wildman–Crippen MR) is 103 cm³/mol. The predicted octanol–water partition coefficient (Wildman–Crippen LogP) is 3.23. The molecule has 0 aliphatic carbocycles. The van der Waals surface area contributed by atoms with Crippen LogP contribution in [0.15, 0.2) is 52.4 Å². The highest BCUT2D eigenvalue weighted by atomic mass is 32.2. The van der Waals surface area contributed by atoms with Crippen LogP contribution in [-0.2, 0) is 14.4 Å². The zero-order valence-corrected chi connectivity index (χ0v) is 15.7. The number of amides is 2. The van der Waals surface area contributed by atoms with E-state index in [0.717, 1.165) is 11.0 Å². The van der Waals surface area contributed by atoms with E-state index < -0.39 is 11.9 Å². The van der Waals surface area contributed by atoms with Crippen molar-refractivity contribution in [2.75, 3.05) is 10.6 Å². The second kappa shape index (κ2) is 9.16. The molecule has 1 atom stereocenters. The molecule has 136 valence electrons. The van der Waals surface area contributed by atoms with Gasteiger partial charge in [0.2, 0.25) is 11.8 Å². The van der Waals surface area contributed by atoms with Crippen molar-refractivity contribution in [3.63, 3.8) is 0 Å². The van der Waals surface area contributed by atoms with Crippen molar-refractivity contribution in [1.29, 1.82) is 0 Å². The fraction of sp³-hybridized carbons (Fsp3) is 0.176. The Kier molecular flexibility index (Phi) is 6.93. The number of carbonyl (C=O) groups excluding carboxylic acids is 2. The van der Waals surface area contributed by atoms with E-state index >= 15 is 0 Å². The summed E-state index contributed by atoms with van der Waals surface area (Å²) >= 11 is 2.73. The second-order valence-electron chi connectivity index (χ2n) is 5.23. The monoisotopic (exact) mass is 391 g/mol. The van der Waals surface area contributed by atoms with Crippen molar-refractivity contribution in [3.05, 3.63) is 47.5 Å². The number of nitrogens with zero attached hydrogens (tertiary/aromatic N) is 1. The van der Waals surface area contributed by atoms with Crippen molar-refractivity contribution >= 4 is 51.7 Å². The minimum absolute atomic E-state index is 0.0465. The van der Waals surface area contributed by atoms with E-state index in [9.17, 15) is 14.4 Å². The van der Waals surface area contributed by atoms with Crippen LogP contribution in [0.25, 0.3) is 0 Å². The molecule has 0 radical (unpaired) electrons. The summed E-state index contributed by atoms with van der Waals surface area (Å²) in [5.41, 5.74) is 0.489. The lowest BCUT2D eigenvalue weighted by Crippen LogP contribution is -2.22. The second-order valence-corrected chi connectivity index (χ2v) is 7.54. The topological polar surface area (TPSA) is 108 Å². The molecule has 2 aromatic rings. The number of carbonyl (C=O) groups is 3. The molecule has 0 saturated carbocycles. The first-order valence-corrected chi connectivity index (χ1v) is 9.30. The van der Waals surface area contributed by atoms with E-state index in [0.29, 0.717) is 10.8 Å². The number of thioether (sulfide) groups is 1. The van der Waals surface area contributed by atoms with Gasteiger partial charge >= 0.3 is 5.97 Å². The number of rotatable bonds is 7. The first kappa shape index (κ1) is 19.7. The molecule has 0 saturated heterocycles. The van der Waals surface area contributed by atoms with Gasteiger partial charge in [-0.25, -0.2) is 9.78 Å². The summed E-state index contributed by atoms with van der Waals surface area (Å²) in [5.74, 6) is -1.80. The summed E-state index contributed by atoms with van der Waals surface area (Å²) in [5, 5.41) is 16.1. The molecule has 1 heterocycles.